The van der Waals surface area contributed by atoms with Crippen LogP contribution in [0.2, 0.25) is 5.02 Å². The number of nitro groups is 1. The van der Waals surface area contributed by atoms with Crippen LogP contribution in [0.1, 0.15) is 5.56 Å². The van der Waals surface area contributed by atoms with E-state index in [1.165, 1.54) is 23.9 Å². The zero-order chi connectivity index (χ0) is 13.1. The zero-order valence-electron chi connectivity index (χ0n) is 9.46. The molecular formula is C12H9ClN2O2S. The van der Waals surface area contributed by atoms with Crippen LogP contribution in [0.4, 0.5) is 5.69 Å². The first kappa shape index (κ1) is 12.9. The van der Waals surface area contributed by atoms with E-state index in [0.717, 1.165) is 15.5 Å². The van der Waals surface area contributed by atoms with Crippen LogP contribution in [-0.2, 0) is 0 Å². The number of nitrogens with zero attached hydrogens (tertiary/aromatic N) is 2. The van der Waals surface area contributed by atoms with Gasteiger partial charge in [-0.25, -0.2) is 4.98 Å². The molecule has 18 heavy (non-hydrogen) atoms. The zero-order valence-corrected chi connectivity index (χ0v) is 11.0. The molecule has 0 aliphatic heterocycles. The van der Waals surface area contributed by atoms with Crippen molar-refractivity contribution >= 4 is 29.1 Å². The molecule has 2 rings (SSSR count). The largest absolute Gasteiger partial charge is 0.270 e. The standard InChI is InChI=1S/C12H9ClN2O2S/c1-8-3-2-6-14-12(8)18-11-5-4-9(15(16)17)7-10(11)13/h2-7H,1H3. The van der Waals surface area contributed by atoms with Gasteiger partial charge in [0, 0.05) is 23.2 Å². The van der Waals surface area contributed by atoms with Gasteiger partial charge < -0.3 is 0 Å². The van der Waals surface area contributed by atoms with E-state index in [9.17, 15) is 10.1 Å². The summed E-state index contributed by atoms with van der Waals surface area (Å²) in [6.07, 6.45) is 1.70. The first-order valence-corrected chi connectivity index (χ1v) is 6.31. The maximum atomic E-state index is 10.6. The maximum absolute atomic E-state index is 10.6. The van der Waals surface area contributed by atoms with E-state index >= 15 is 0 Å². The molecule has 0 aliphatic carbocycles. The number of hydrogen-bond donors (Lipinski definition) is 0. The van der Waals surface area contributed by atoms with E-state index in [1.807, 2.05) is 19.1 Å². The van der Waals surface area contributed by atoms with Crippen LogP contribution < -0.4 is 0 Å². The van der Waals surface area contributed by atoms with Crippen LogP contribution in [0.15, 0.2) is 46.5 Å². The number of non-ortho nitro benzene ring substituents is 1. The molecule has 1 aromatic heterocycles. The van der Waals surface area contributed by atoms with Crippen molar-refractivity contribution in [2.75, 3.05) is 0 Å². The second kappa shape index (κ2) is 5.37. The van der Waals surface area contributed by atoms with E-state index < -0.39 is 4.92 Å². The van der Waals surface area contributed by atoms with E-state index in [2.05, 4.69) is 4.98 Å². The maximum Gasteiger partial charge on any atom is 0.270 e. The number of benzene rings is 1. The molecule has 4 nitrogen and oxygen atoms in total. The predicted molar refractivity (Wildman–Crippen MR) is 71.2 cm³/mol. The second-order valence-corrected chi connectivity index (χ2v) is 5.04. The molecule has 2 aromatic rings. The molecule has 0 saturated heterocycles. The average molecular weight is 281 g/mol. The summed E-state index contributed by atoms with van der Waals surface area (Å²) in [5, 5.41) is 11.8. The lowest BCUT2D eigenvalue weighted by Gasteiger charge is -2.05. The van der Waals surface area contributed by atoms with E-state index in [1.54, 1.807) is 12.3 Å². The van der Waals surface area contributed by atoms with E-state index in [-0.39, 0.29) is 5.69 Å². The van der Waals surface area contributed by atoms with Crippen molar-refractivity contribution in [1.82, 2.24) is 4.98 Å². The fraction of sp³-hybridized carbons (Fsp3) is 0.0833. The minimum Gasteiger partial charge on any atom is -0.258 e. The monoisotopic (exact) mass is 280 g/mol. The Labute approximate surface area is 113 Å². The third-order valence-electron chi connectivity index (χ3n) is 2.29. The molecule has 0 aliphatic rings. The first-order valence-electron chi connectivity index (χ1n) is 5.11. The van der Waals surface area contributed by atoms with Crippen LogP contribution in [-0.4, -0.2) is 9.91 Å². The lowest BCUT2D eigenvalue weighted by atomic mass is 10.3. The highest BCUT2D eigenvalue weighted by molar-refractivity contribution is 7.99. The molecule has 92 valence electrons. The fourth-order valence-corrected chi connectivity index (χ4v) is 2.50. The summed E-state index contributed by atoms with van der Waals surface area (Å²) in [6, 6.07) is 8.24. The number of rotatable bonds is 3. The molecule has 0 spiro atoms. The predicted octanol–water partition coefficient (Wildman–Crippen LogP) is 4.10. The minimum atomic E-state index is -0.466. The Morgan fingerprint density at radius 2 is 2.17 bits per heavy atom. The molecule has 0 atom stereocenters. The molecule has 0 bridgehead atoms. The molecular weight excluding hydrogens is 272 g/mol. The number of halogens is 1. The Bertz CT molecular complexity index is 604. The summed E-state index contributed by atoms with van der Waals surface area (Å²) < 4.78 is 0. The highest BCUT2D eigenvalue weighted by Crippen LogP contribution is 2.35. The van der Waals surface area contributed by atoms with Crippen molar-refractivity contribution in [2.24, 2.45) is 0 Å². The number of nitro benzene ring substituents is 1. The minimum absolute atomic E-state index is 0.0120. The summed E-state index contributed by atoms with van der Waals surface area (Å²) >= 11 is 7.42. The highest BCUT2D eigenvalue weighted by atomic mass is 35.5. The molecule has 0 radical (unpaired) electrons. The molecule has 0 saturated carbocycles. The molecule has 1 aromatic carbocycles. The Kier molecular flexibility index (Phi) is 3.84. The van der Waals surface area contributed by atoms with Crippen LogP contribution in [0.3, 0.4) is 0 Å². The third-order valence-corrected chi connectivity index (χ3v) is 3.92. The summed E-state index contributed by atoms with van der Waals surface area (Å²) in [7, 11) is 0. The van der Waals surface area contributed by atoms with Crippen LogP contribution in [0.25, 0.3) is 0 Å². The van der Waals surface area contributed by atoms with E-state index in [4.69, 9.17) is 11.6 Å². The van der Waals surface area contributed by atoms with Crippen molar-refractivity contribution in [1.29, 1.82) is 0 Å². The number of pyridine rings is 1. The van der Waals surface area contributed by atoms with Crippen LogP contribution in [0.5, 0.6) is 0 Å². The Hall–Kier alpha value is -1.59. The van der Waals surface area contributed by atoms with Gasteiger partial charge in [0.25, 0.3) is 5.69 Å². The van der Waals surface area contributed by atoms with Gasteiger partial charge >= 0.3 is 0 Å². The number of aryl methyl sites for hydroxylation is 1. The molecule has 0 unspecified atom stereocenters. The summed E-state index contributed by atoms with van der Waals surface area (Å²) in [5.41, 5.74) is 1.03. The van der Waals surface area contributed by atoms with Gasteiger partial charge in [-0.15, -0.1) is 0 Å². The second-order valence-electron chi connectivity index (χ2n) is 3.60. The average Bonchev–Trinajstić information content (AvgIpc) is 2.34. The lowest BCUT2D eigenvalue weighted by molar-refractivity contribution is -0.384. The van der Waals surface area contributed by atoms with Gasteiger partial charge in [-0.2, -0.15) is 0 Å². The smallest absolute Gasteiger partial charge is 0.258 e. The molecule has 0 N–H and O–H groups in total. The Morgan fingerprint density at radius 3 is 2.78 bits per heavy atom. The van der Waals surface area contributed by atoms with E-state index in [0.29, 0.717) is 5.02 Å². The van der Waals surface area contributed by atoms with Crippen molar-refractivity contribution < 1.29 is 4.92 Å². The summed E-state index contributed by atoms with van der Waals surface area (Å²) in [4.78, 5) is 15.1. The van der Waals surface area contributed by atoms with Crippen molar-refractivity contribution in [3.8, 4) is 0 Å². The number of hydrogen-bond acceptors (Lipinski definition) is 4. The van der Waals surface area contributed by atoms with Gasteiger partial charge in [-0.05, 0) is 24.6 Å². The molecule has 0 amide bonds. The van der Waals surface area contributed by atoms with Crippen molar-refractivity contribution in [3.63, 3.8) is 0 Å². The van der Waals surface area contributed by atoms with Crippen molar-refractivity contribution in [2.45, 2.75) is 16.8 Å². The van der Waals surface area contributed by atoms with Gasteiger partial charge in [0.15, 0.2) is 0 Å². The lowest BCUT2D eigenvalue weighted by Crippen LogP contribution is -1.89. The van der Waals surface area contributed by atoms with Gasteiger partial charge in [0.05, 0.1) is 9.95 Å². The van der Waals surface area contributed by atoms with Gasteiger partial charge in [0.1, 0.15) is 5.03 Å². The Morgan fingerprint density at radius 1 is 1.39 bits per heavy atom. The topological polar surface area (TPSA) is 56.0 Å². The molecule has 6 heteroatoms. The Balaban J connectivity index is 2.30. The first-order chi connectivity index (χ1) is 8.58. The number of aromatic nitrogens is 1. The van der Waals surface area contributed by atoms with Gasteiger partial charge in [-0.3, -0.25) is 10.1 Å². The van der Waals surface area contributed by atoms with Gasteiger partial charge in [0.2, 0.25) is 0 Å². The highest BCUT2D eigenvalue weighted by Gasteiger charge is 2.11. The molecule has 0 fully saturated rings. The fourth-order valence-electron chi connectivity index (χ4n) is 1.37. The van der Waals surface area contributed by atoms with Crippen LogP contribution >= 0.6 is 23.4 Å². The summed E-state index contributed by atoms with van der Waals surface area (Å²) in [6.45, 7) is 1.95. The normalized spacial score (nSPS) is 10.3. The van der Waals surface area contributed by atoms with Gasteiger partial charge in [-0.1, -0.05) is 29.4 Å². The quantitative estimate of drug-likeness (QED) is 0.627. The molecule has 1 heterocycles. The van der Waals surface area contributed by atoms with Crippen molar-refractivity contribution in [3.05, 3.63) is 57.2 Å². The third kappa shape index (κ3) is 2.80. The van der Waals surface area contributed by atoms with Crippen LogP contribution in [0, 0.1) is 17.0 Å². The summed E-state index contributed by atoms with van der Waals surface area (Å²) in [5.74, 6) is 0. The SMILES string of the molecule is Cc1cccnc1Sc1ccc([N+](=O)[O-])cc1Cl.